The fraction of sp³-hybridized carbons (Fsp3) is 0.250. The lowest BCUT2D eigenvalue weighted by molar-refractivity contribution is 0.601. The van der Waals surface area contributed by atoms with Crippen molar-refractivity contribution in [3.63, 3.8) is 0 Å². The number of aryl methyl sites for hydroxylation is 1. The molecule has 126 valence electrons. The molecule has 0 aliphatic carbocycles. The summed E-state index contributed by atoms with van der Waals surface area (Å²) in [5, 5.41) is 7.43. The highest BCUT2D eigenvalue weighted by Gasteiger charge is 2.10. The van der Waals surface area contributed by atoms with Crippen LogP contribution in [0.1, 0.15) is 5.56 Å². The standard InChI is InChI=1S/C16H18N4O3S/c1-12-6-7-13(24(2,22)23)11-14(12)17-8-10-20-16(21)19-9-4-3-5-15(19)18-20/h3-7,9,11,17H,8,10H2,1-2H3. The minimum atomic E-state index is -3.25. The average molecular weight is 346 g/mol. The van der Waals surface area contributed by atoms with Crippen LogP contribution >= 0.6 is 0 Å². The van der Waals surface area contributed by atoms with E-state index in [2.05, 4.69) is 10.4 Å². The summed E-state index contributed by atoms with van der Waals surface area (Å²) in [4.78, 5) is 12.4. The van der Waals surface area contributed by atoms with Crippen LogP contribution in [0, 0.1) is 6.92 Å². The fourth-order valence-corrected chi connectivity index (χ4v) is 3.08. The Morgan fingerprint density at radius 1 is 1.21 bits per heavy atom. The number of hydrogen-bond donors (Lipinski definition) is 1. The van der Waals surface area contributed by atoms with Gasteiger partial charge in [-0.1, -0.05) is 12.1 Å². The van der Waals surface area contributed by atoms with Gasteiger partial charge in [-0.15, -0.1) is 5.10 Å². The molecular formula is C16H18N4O3S. The normalized spacial score (nSPS) is 11.8. The highest BCUT2D eigenvalue weighted by atomic mass is 32.2. The first-order valence-electron chi connectivity index (χ1n) is 7.45. The Morgan fingerprint density at radius 2 is 2.00 bits per heavy atom. The maximum absolute atomic E-state index is 12.2. The first-order valence-corrected chi connectivity index (χ1v) is 9.34. The minimum absolute atomic E-state index is 0.200. The zero-order valence-corrected chi connectivity index (χ0v) is 14.2. The molecule has 0 fully saturated rings. The van der Waals surface area contributed by atoms with Crippen molar-refractivity contribution in [2.75, 3.05) is 18.1 Å². The Balaban J connectivity index is 1.76. The van der Waals surface area contributed by atoms with Gasteiger partial charge in [0, 0.05) is 24.7 Å². The number of sulfone groups is 1. The predicted octanol–water partition coefficient (Wildman–Crippen LogP) is 1.32. The molecule has 0 atom stereocenters. The number of benzene rings is 1. The van der Waals surface area contributed by atoms with Crippen molar-refractivity contribution in [1.82, 2.24) is 14.2 Å². The van der Waals surface area contributed by atoms with Crippen LogP contribution in [0.5, 0.6) is 0 Å². The molecule has 2 aromatic heterocycles. The van der Waals surface area contributed by atoms with E-state index >= 15 is 0 Å². The van der Waals surface area contributed by atoms with Crippen LogP contribution in [0.4, 0.5) is 5.69 Å². The van der Waals surface area contributed by atoms with Crippen LogP contribution in [0.3, 0.4) is 0 Å². The Labute approximate surface area is 139 Å². The SMILES string of the molecule is Cc1ccc(S(C)(=O)=O)cc1NCCn1nc2ccccn2c1=O. The number of rotatable bonds is 5. The highest BCUT2D eigenvalue weighted by molar-refractivity contribution is 7.90. The van der Waals surface area contributed by atoms with Crippen molar-refractivity contribution in [3.8, 4) is 0 Å². The molecule has 2 heterocycles. The Morgan fingerprint density at radius 3 is 2.71 bits per heavy atom. The van der Waals surface area contributed by atoms with Gasteiger partial charge in [0.15, 0.2) is 15.5 Å². The first kappa shape index (κ1) is 16.3. The van der Waals surface area contributed by atoms with Crippen molar-refractivity contribution >= 4 is 21.2 Å². The number of anilines is 1. The monoisotopic (exact) mass is 346 g/mol. The molecule has 0 saturated heterocycles. The van der Waals surface area contributed by atoms with Gasteiger partial charge >= 0.3 is 5.69 Å². The van der Waals surface area contributed by atoms with Gasteiger partial charge in [0.05, 0.1) is 11.4 Å². The molecule has 8 heteroatoms. The Bertz CT molecular complexity index is 1050. The number of aromatic nitrogens is 3. The molecule has 3 rings (SSSR count). The maximum Gasteiger partial charge on any atom is 0.350 e. The molecule has 0 spiro atoms. The molecule has 0 radical (unpaired) electrons. The fourth-order valence-electron chi connectivity index (χ4n) is 2.43. The highest BCUT2D eigenvalue weighted by Crippen LogP contribution is 2.19. The van der Waals surface area contributed by atoms with Crippen LogP contribution < -0.4 is 11.0 Å². The van der Waals surface area contributed by atoms with E-state index in [1.807, 2.05) is 13.0 Å². The second kappa shape index (κ2) is 6.12. The summed E-state index contributed by atoms with van der Waals surface area (Å²) in [5.41, 5.74) is 2.06. The summed E-state index contributed by atoms with van der Waals surface area (Å²) >= 11 is 0. The summed E-state index contributed by atoms with van der Waals surface area (Å²) in [6, 6.07) is 10.3. The number of nitrogens with one attached hydrogen (secondary N) is 1. The van der Waals surface area contributed by atoms with E-state index < -0.39 is 9.84 Å². The van der Waals surface area contributed by atoms with E-state index in [-0.39, 0.29) is 10.6 Å². The molecule has 1 aromatic carbocycles. The molecule has 0 aliphatic rings. The molecule has 0 amide bonds. The third-order valence-corrected chi connectivity index (χ3v) is 4.87. The zero-order chi connectivity index (χ0) is 17.3. The third-order valence-electron chi connectivity index (χ3n) is 3.76. The molecule has 1 N–H and O–H groups in total. The lowest BCUT2D eigenvalue weighted by Crippen LogP contribution is -2.24. The van der Waals surface area contributed by atoms with Gasteiger partial charge in [-0.25, -0.2) is 17.9 Å². The first-order chi connectivity index (χ1) is 11.4. The maximum atomic E-state index is 12.2. The zero-order valence-electron chi connectivity index (χ0n) is 13.4. The lowest BCUT2D eigenvalue weighted by Gasteiger charge is -2.10. The van der Waals surface area contributed by atoms with Gasteiger partial charge in [-0.2, -0.15) is 0 Å². The van der Waals surface area contributed by atoms with Crippen molar-refractivity contribution in [3.05, 3.63) is 58.6 Å². The summed E-state index contributed by atoms with van der Waals surface area (Å²) in [7, 11) is -3.25. The quantitative estimate of drug-likeness (QED) is 0.753. The molecule has 24 heavy (non-hydrogen) atoms. The minimum Gasteiger partial charge on any atom is -0.383 e. The summed E-state index contributed by atoms with van der Waals surface area (Å²) in [6.45, 7) is 2.73. The molecule has 3 aromatic rings. The van der Waals surface area contributed by atoms with Crippen LogP contribution in [-0.4, -0.2) is 35.4 Å². The van der Waals surface area contributed by atoms with Crippen molar-refractivity contribution in [1.29, 1.82) is 0 Å². The van der Waals surface area contributed by atoms with Gasteiger partial charge in [-0.3, -0.25) is 4.40 Å². The number of hydrogen-bond acceptors (Lipinski definition) is 5. The topological polar surface area (TPSA) is 85.5 Å². The van der Waals surface area contributed by atoms with Gasteiger partial charge < -0.3 is 5.32 Å². The molecule has 0 aliphatic heterocycles. The van der Waals surface area contributed by atoms with Crippen LogP contribution in [0.25, 0.3) is 5.65 Å². The third kappa shape index (κ3) is 3.18. The van der Waals surface area contributed by atoms with Gasteiger partial charge in [0.25, 0.3) is 0 Å². The van der Waals surface area contributed by atoms with Crippen molar-refractivity contribution in [2.45, 2.75) is 18.4 Å². The average Bonchev–Trinajstić information content (AvgIpc) is 2.85. The van der Waals surface area contributed by atoms with Crippen molar-refractivity contribution < 1.29 is 8.42 Å². The largest absolute Gasteiger partial charge is 0.383 e. The van der Waals surface area contributed by atoms with E-state index in [1.165, 1.54) is 15.3 Å². The van der Waals surface area contributed by atoms with E-state index in [9.17, 15) is 13.2 Å². The number of nitrogens with zero attached hydrogens (tertiary/aromatic N) is 3. The number of fused-ring (bicyclic) bond motifs is 1. The predicted molar refractivity (Wildman–Crippen MR) is 92.2 cm³/mol. The van der Waals surface area contributed by atoms with Gasteiger partial charge in [0.2, 0.25) is 0 Å². The molecule has 0 saturated carbocycles. The van der Waals surface area contributed by atoms with E-state index in [0.29, 0.717) is 18.7 Å². The van der Waals surface area contributed by atoms with E-state index in [0.717, 1.165) is 11.3 Å². The van der Waals surface area contributed by atoms with Gasteiger partial charge in [-0.05, 0) is 36.8 Å². The van der Waals surface area contributed by atoms with Crippen LogP contribution in [0.15, 0.2) is 52.3 Å². The van der Waals surface area contributed by atoms with E-state index in [4.69, 9.17) is 0 Å². The van der Waals surface area contributed by atoms with Crippen LogP contribution in [-0.2, 0) is 16.4 Å². The molecular weight excluding hydrogens is 328 g/mol. The Hall–Kier alpha value is -2.61. The molecule has 0 bridgehead atoms. The smallest absolute Gasteiger partial charge is 0.350 e. The molecule has 0 unspecified atom stereocenters. The van der Waals surface area contributed by atoms with Crippen molar-refractivity contribution in [2.24, 2.45) is 0 Å². The second-order valence-corrected chi connectivity index (χ2v) is 7.63. The molecule has 7 nitrogen and oxygen atoms in total. The summed E-state index contributed by atoms with van der Waals surface area (Å²) < 4.78 is 26.2. The van der Waals surface area contributed by atoms with Crippen LogP contribution in [0.2, 0.25) is 0 Å². The summed E-state index contributed by atoms with van der Waals surface area (Å²) in [6.07, 6.45) is 2.85. The number of pyridine rings is 1. The summed E-state index contributed by atoms with van der Waals surface area (Å²) in [5.74, 6) is 0. The second-order valence-electron chi connectivity index (χ2n) is 5.61. The Kier molecular flexibility index (Phi) is 4.15. The van der Waals surface area contributed by atoms with E-state index in [1.54, 1.807) is 36.5 Å². The van der Waals surface area contributed by atoms with Gasteiger partial charge in [0.1, 0.15) is 0 Å². The lowest BCUT2D eigenvalue weighted by atomic mass is 10.2.